The highest BCUT2D eigenvalue weighted by atomic mass is 32.1. The Morgan fingerprint density at radius 3 is 2.97 bits per heavy atom. The first-order chi connectivity index (χ1) is 14.4. The van der Waals surface area contributed by atoms with E-state index in [1.165, 1.54) is 24.6 Å². The smallest absolute Gasteiger partial charge is 0.271 e. The molecule has 4 rings (SSSR count). The van der Waals surface area contributed by atoms with Gasteiger partial charge in [0.05, 0.1) is 17.9 Å². The Bertz CT molecular complexity index is 1070. The number of thiophene rings is 1. The molecule has 1 aliphatic carbocycles. The molecule has 0 radical (unpaired) electrons. The molecule has 3 heterocycles. The molecule has 0 aromatic carbocycles. The van der Waals surface area contributed by atoms with Crippen LogP contribution in [0.1, 0.15) is 29.8 Å². The molecule has 0 aliphatic heterocycles. The minimum Gasteiger partial charge on any atom is -0.364 e. The molecule has 11 heteroatoms. The summed E-state index contributed by atoms with van der Waals surface area (Å²) in [5.74, 6) is -3.14. The first-order valence-electron chi connectivity index (χ1n) is 9.47. The second-order valence-corrected chi connectivity index (χ2v) is 7.98. The number of halogens is 2. The number of fused-ring (bicyclic) bond motifs is 1. The lowest BCUT2D eigenvalue weighted by Gasteiger charge is -2.38. The van der Waals surface area contributed by atoms with Crippen molar-refractivity contribution in [3.63, 3.8) is 0 Å². The van der Waals surface area contributed by atoms with Gasteiger partial charge in [0.25, 0.3) is 11.8 Å². The maximum absolute atomic E-state index is 14.3. The van der Waals surface area contributed by atoms with Gasteiger partial charge in [-0.05, 0) is 32.0 Å². The predicted octanol–water partition coefficient (Wildman–Crippen LogP) is 3.12. The number of nitrogens with two attached hydrogens (primary N) is 1. The number of pyridine rings is 1. The number of hydrogen-bond donors (Lipinski definition) is 4. The lowest BCUT2D eigenvalue weighted by Crippen LogP contribution is -2.56. The topological polar surface area (TPSA) is 118 Å². The summed E-state index contributed by atoms with van der Waals surface area (Å²) >= 11 is 1.44. The first kappa shape index (κ1) is 20.4. The fourth-order valence-corrected chi connectivity index (χ4v) is 4.59. The molecule has 1 saturated carbocycles. The average molecular weight is 433 g/mol. The van der Waals surface area contributed by atoms with Crippen LogP contribution in [0.5, 0.6) is 0 Å². The van der Waals surface area contributed by atoms with Crippen LogP contribution in [0.2, 0.25) is 0 Å². The summed E-state index contributed by atoms with van der Waals surface area (Å²) < 4.78 is 28.5. The second kappa shape index (κ2) is 8.07. The number of nitrogens with one attached hydrogen (secondary N) is 3. The van der Waals surface area contributed by atoms with Crippen molar-refractivity contribution >= 4 is 44.8 Å². The van der Waals surface area contributed by atoms with E-state index in [1.807, 2.05) is 11.4 Å². The normalized spacial score (nSPS) is 20.8. The standard InChI is InChI=1S/C19H21F2N7OS/c1-23-15-11(5-2-6-19(15,20)21)26-13-8-25-14(16(22)29)17(28-13)27-12-9-30-18-10(12)4-3-7-24-18/h3-4,7-9,11,15,23H,2,5-6H2,1H3,(H2,22,29)(H2,26,27,28)/t11-,15-/m1/s1. The van der Waals surface area contributed by atoms with E-state index < -0.39 is 23.9 Å². The zero-order valence-electron chi connectivity index (χ0n) is 16.2. The Hall–Kier alpha value is -2.92. The first-order valence-corrected chi connectivity index (χ1v) is 10.3. The third-order valence-corrected chi connectivity index (χ3v) is 6.04. The zero-order valence-corrected chi connectivity index (χ0v) is 17.0. The van der Waals surface area contributed by atoms with Crippen LogP contribution in [-0.2, 0) is 0 Å². The number of anilines is 3. The van der Waals surface area contributed by atoms with Gasteiger partial charge >= 0.3 is 0 Å². The van der Waals surface area contributed by atoms with Crippen LogP contribution in [0.25, 0.3) is 10.2 Å². The highest BCUT2D eigenvalue weighted by Crippen LogP contribution is 2.35. The summed E-state index contributed by atoms with van der Waals surface area (Å²) in [6.07, 6.45) is 3.82. The fourth-order valence-electron chi connectivity index (χ4n) is 3.75. The van der Waals surface area contributed by atoms with Crippen molar-refractivity contribution < 1.29 is 13.6 Å². The molecule has 0 saturated heterocycles. The van der Waals surface area contributed by atoms with Gasteiger partial charge in [-0.2, -0.15) is 0 Å². The number of amides is 1. The van der Waals surface area contributed by atoms with Crippen molar-refractivity contribution in [2.24, 2.45) is 5.73 Å². The molecule has 1 aliphatic rings. The lowest BCUT2D eigenvalue weighted by molar-refractivity contribution is -0.0654. The van der Waals surface area contributed by atoms with Crippen LogP contribution in [-0.4, -0.2) is 45.9 Å². The number of likely N-dealkylation sites (N-methyl/N-ethyl adjacent to an activating group) is 1. The van der Waals surface area contributed by atoms with E-state index in [9.17, 15) is 13.6 Å². The predicted molar refractivity (Wildman–Crippen MR) is 113 cm³/mol. The molecule has 3 aromatic heterocycles. The second-order valence-electron chi connectivity index (χ2n) is 7.12. The van der Waals surface area contributed by atoms with Crippen molar-refractivity contribution in [3.05, 3.63) is 35.6 Å². The van der Waals surface area contributed by atoms with Gasteiger partial charge in [0.15, 0.2) is 11.5 Å². The summed E-state index contributed by atoms with van der Waals surface area (Å²) in [6.45, 7) is 0. The summed E-state index contributed by atoms with van der Waals surface area (Å²) in [7, 11) is 1.52. The van der Waals surface area contributed by atoms with E-state index in [2.05, 4.69) is 30.9 Å². The van der Waals surface area contributed by atoms with E-state index in [4.69, 9.17) is 5.73 Å². The van der Waals surface area contributed by atoms with Gasteiger partial charge in [-0.25, -0.2) is 23.7 Å². The van der Waals surface area contributed by atoms with Crippen molar-refractivity contribution in [1.29, 1.82) is 0 Å². The highest BCUT2D eigenvalue weighted by Gasteiger charge is 2.46. The molecule has 30 heavy (non-hydrogen) atoms. The van der Waals surface area contributed by atoms with Gasteiger partial charge in [-0.15, -0.1) is 11.3 Å². The van der Waals surface area contributed by atoms with Crippen LogP contribution in [0.3, 0.4) is 0 Å². The molecule has 8 nitrogen and oxygen atoms in total. The van der Waals surface area contributed by atoms with Crippen molar-refractivity contribution in [3.8, 4) is 0 Å². The average Bonchev–Trinajstić information content (AvgIpc) is 3.10. The van der Waals surface area contributed by atoms with Gasteiger partial charge in [0.1, 0.15) is 10.6 Å². The summed E-state index contributed by atoms with van der Waals surface area (Å²) in [4.78, 5) is 25.5. The number of hydrogen-bond acceptors (Lipinski definition) is 8. The van der Waals surface area contributed by atoms with Crippen LogP contribution < -0.4 is 21.7 Å². The molecule has 0 bridgehead atoms. The number of aromatic nitrogens is 3. The Morgan fingerprint density at radius 2 is 2.20 bits per heavy atom. The third-order valence-electron chi connectivity index (χ3n) is 5.14. The molecule has 158 valence electrons. The SMILES string of the molecule is CN[C@@H]1[C@H](Nc2cnc(C(N)=O)c(Nc3csc4ncccc34)n2)CCCC1(F)F. The zero-order chi connectivity index (χ0) is 21.3. The van der Waals surface area contributed by atoms with Crippen LogP contribution >= 0.6 is 11.3 Å². The van der Waals surface area contributed by atoms with Crippen LogP contribution in [0.4, 0.5) is 26.1 Å². The van der Waals surface area contributed by atoms with Gasteiger partial charge < -0.3 is 21.7 Å². The van der Waals surface area contributed by atoms with Crippen LogP contribution in [0.15, 0.2) is 29.9 Å². The Morgan fingerprint density at radius 1 is 1.37 bits per heavy atom. The van der Waals surface area contributed by atoms with Crippen molar-refractivity contribution in [2.45, 2.75) is 37.3 Å². The maximum atomic E-state index is 14.3. The molecule has 0 unspecified atom stereocenters. The number of nitrogens with zero attached hydrogens (tertiary/aromatic N) is 3. The molecule has 1 amide bonds. The lowest BCUT2D eigenvalue weighted by atomic mass is 9.87. The van der Waals surface area contributed by atoms with Gasteiger partial charge in [-0.3, -0.25) is 4.79 Å². The van der Waals surface area contributed by atoms with Crippen molar-refractivity contribution in [1.82, 2.24) is 20.3 Å². The van der Waals surface area contributed by atoms with Gasteiger partial charge in [-0.1, -0.05) is 0 Å². The maximum Gasteiger partial charge on any atom is 0.271 e. The van der Waals surface area contributed by atoms with E-state index >= 15 is 0 Å². The fraction of sp³-hybridized carbons (Fsp3) is 0.368. The quantitative estimate of drug-likeness (QED) is 0.472. The molecular formula is C19H21F2N7OS. The molecule has 0 spiro atoms. The third kappa shape index (κ3) is 3.90. The minimum absolute atomic E-state index is 0.0390. The van der Waals surface area contributed by atoms with E-state index in [0.717, 1.165) is 10.2 Å². The monoisotopic (exact) mass is 433 g/mol. The number of rotatable bonds is 6. The Labute approximate surface area is 175 Å². The highest BCUT2D eigenvalue weighted by molar-refractivity contribution is 7.17. The molecule has 5 N–H and O–H groups in total. The number of carbonyl (C=O) groups is 1. The Kier molecular flexibility index (Phi) is 5.48. The van der Waals surface area contributed by atoms with Crippen LogP contribution in [0, 0.1) is 0 Å². The van der Waals surface area contributed by atoms with E-state index in [0.29, 0.717) is 18.5 Å². The van der Waals surface area contributed by atoms with Gasteiger partial charge in [0, 0.05) is 29.4 Å². The Balaban J connectivity index is 1.64. The number of primary amides is 1. The summed E-state index contributed by atoms with van der Waals surface area (Å²) in [6, 6.07) is 2.13. The molecule has 2 atom stereocenters. The van der Waals surface area contributed by atoms with Gasteiger partial charge in [0.2, 0.25) is 0 Å². The summed E-state index contributed by atoms with van der Waals surface area (Å²) in [5, 5.41) is 11.6. The largest absolute Gasteiger partial charge is 0.364 e. The number of alkyl halides is 2. The molecule has 1 fully saturated rings. The molecule has 3 aromatic rings. The van der Waals surface area contributed by atoms with E-state index in [-0.39, 0.29) is 23.8 Å². The number of carbonyl (C=O) groups excluding carboxylic acids is 1. The van der Waals surface area contributed by atoms with Crippen molar-refractivity contribution in [2.75, 3.05) is 17.7 Å². The van der Waals surface area contributed by atoms with E-state index in [1.54, 1.807) is 12.3 Å². The molecular weight excluding hydrogens is 412 g/mol. The summed E-state index contributed by atoms with van der Waals surface area (Å²) in [5.41, 5.74) is 6.11. The minimum atomic E-state index is -2.82.